The highest BCUT2D eigenvalue weighted by atomic mass is 16.5. The van der Waals surface area contributed by atoms with Crippen LogP contribution >= 0.6 is 0 Å². The van der Waals surface area contributed by atoms with Gasteiger partial charge in [0.1, 0.15) is 5.69 Å². The molecule has 0 aromatic carbocycles. The molecule has 1 saturated heterocycles. The number of carbonyl (C=O) groups is 1. The van der Waals surface area contributed by atoms with E-state index in [0.717, 1.165) is 45.1 Å². The molecule has 1 unspecified atom stereocenters. The van der Waals surface area contributed by atoms with E-state index in [-0.39, 0.29) is 5.91 Å². The molecule has 0 bridgehead atoms. The van der Waals surface area contributed by atoms with E-state index < -0.39 is 0 Å². The van der Waals surface area contributed by atoms with Crippen molar-refractivity contribution in [2.45, 2.75) is 19.4 Å². The number of fused-ring (bicyclic) bond motifs is 1. The van der Waals surface area contributed by atoms with Crippen LogP contribution in [-0.2, 0) is 11.3 Å². The molecule has 0 radical (unpaired) electrons. The van der Waals surface area contributed by atoms with Gasteiger partial charge < -0.3 is 19.9 Å². The molecule has 1 amide bonds. The van der Waals surface area contributed by atoms with E-state index >= 15 is 0 Å². The number of hydrogen-bond acceptors (Lipinski definition) is 4. The van der Waals surface area contributed by atoms with Crippen molar-refractivity contribution in [3.05, 3.63) is 11.9 Å². The second kappa shape index (κ2) is 4.97. The Bertz CT molecular complexity index is 414. The summed E-state index contributed by atoms with van der Waals surface area (Å²) in [5.41, 5.74) is 0.498. The third kappa shape index (κ3) is 2.33. The summed E-state index contributed by atoms with van der Waals surface area (Å²) in [6, 6.07) is 0. The van der Waals surface area contributed by atoms with Gasteiger partial charge in [0.25, 0.3) is 5.91 Å². The zero-order valence-corrected chi connectivity index (χ0v) is 10.3. The number of aromatic nitrogens is 2. The fraction of sp³-hybridized carbons (Fsp3) is 0.667. The van der Waals surface area contributed by atoms with Crippen molar-refractivity contribution >= 4 is 11.9 Å². The van der Waals surface area contributed by atoms with Crippen LogP contribution < -0.4 is 10.6 Å². The molecule has 0 aliphatic carbocycles. The van der Waals surface area contributed by atoms with Crippen LogP contribution in [-0.4, -0.2) is 41.8 Å². The predicted molar refractivity (Wildman–Crippen MR) is 66.6 cm³/mol. The molecule has 3 heterocycles. The minimum Gasteiger partial charge on any atom is -0.381 e. The van der Waals surface area contributed by atoms with Crippen molar-refractivity contribution in [2.24, 2.45) is 5.92 Å². The second-order valence-electron chi connectivity index (χ2n) is 4.86. The topological polar surface area (TPSA) is 68.2 Å². The van der Waals surface area contributed by atoms with Gasteiger partial charge in [-0.15, -0.1) is 0 Å². The highest BCUT2D eigenvalue weighted by molar-refractivity contribution is 5.92. The van der Waals surface area contributed by atoms with E-state index in [4.69, 9.17) is 4.74 Å². The Morgan fingerprint density at radius 3 is 3.39 bits per heavy atom. The van der Waals surface area contributed by atoms with Crippen LogP contribution in [0.2, 0.25) is 0 Å². The number of ether oxygens (including phenoxy) is 1. The first-order chi connectivity index (χ1) is 8.83. The second-order valence-corrected chi connectivity index (χ2v) is 4.86. The lowest BCUT2D eigenvalue weighted by Gasteiger charge is -2.14. The maximum absolute atomic E-state index is 12.0. The van der Waals surface area contributed by atoms with Crippen molar-refractivity contribution in [3.63, 3.8) is 0 Å². The Hall–Kier alpha value is -1.56. The summed E-state index contributed by atoms with van der Waals surface area (Å²) < 4.78 is 7.28. The molecule has 2 N–H and O–H groups in total. The number of nitrogens with zero attached hydrogens (tertiary/aromatic N) is 2. The average Bonchev–Trinajstić information content (AvgIpc) is 3.04. The van der Waals surface area contributed by atoms with E-state index in [1.165, 1.54) is 0 Å². The van der Waals surface area contributed by atoms with Gasteiger partial charge in [-0.25, -0.2) is 4.98 Å². The number of anilines is 1. The Labute approximate surface area is 106 Å². The summed E-state index contributed by atoms with van der Waals surface area (Å²) in [6.07, 6.45) is 3.92. The molecule has 18 heavy (non-hydrogen) atoms. The van der Waals surface area contributed by atoms with E-state index in [9.17, 15) is 4.79 Å². The van der Waals surface area contributed by atoms with Gasteiger partial charge in [0.2, 0.25) is 5.95 Å². The lowest BCUT2D eigenvalue weighted by atomic mass is 10.1. The molecule has 1 fully saturated rings. The van der Waals surface area contributed by atoms with E-state index in [1.807, 2.05) is 10.8 Å². The van der Waals surface area contributed by atoms with Crippen molar-refractivity contribution < 1.29 is 9.53 Å². The number of hydrogen-bond donors (Lipinski definition) is 2. The monoisotopic (exact) mass is 250 g/mol. The quantitative estimate of drug-likeness (QED) is 0.818. The maximum Gasteiger partial charge on any atom is 0.271 e. The van der Waals surface area contributed by atoms with Crippen LogP contribution in [0.25, 0.3) is 0 Å². The molecule has 2 aliphatic rings. The van der Waals surface area contributed by atoms with Gasteiger partial charge in [-0.05, 0) is 12.8 Å². The minimum atomic E-state index is -0.0920. The third-order valence-corrected chi connectivity index (χ3v) is 3.44. The van der Waals surface area contributed by atoms with Crippen LogP contribution in [0.3, 0.4) is 0 Å². The summed E-state index contributed by atoms with van der Waals surface area (Å²) in [4.78, 5) is 16.3. The smallest absolute Gasteiger partial charge is 0.271 e. The number of imidazole rings is 1. The Balaban J connectivity index is 1.59. The van der Waals surface area contributed by atoms with Crippen molar-refractivity contribution in [2.75, 3.05) is 31.6 Å². The molecule has 2 aliphatic heterocycles. The van der Waals surface area contributed by atoms with Crippen LogP contribution in [0.5, 0.6) is 0 Å². The summed E-state index contributed by atoms with van der Waals surface area (Å²) in [5, 5.41) is 6.11. The molecule has 1 aromatic heterocycles. The first kappa shape index (κ1) is 11.5. The minimum absolute atomic E-state index is 0.0920. The maximum atomic E-state index is 12.0. The van der Waals surface area contributed by atoms with Crippen molar-refractivity contribution in [1.29, 1.82) is 0 Å². The van der Waals surface area contributed by atoms with Gasteiger partial charge in [0, 0.05) is 38.4 Å². The van der Waals surface area contributed by atoms with Gasteiger partial charge in [0.15, 0.2) is 0 Å². The van der Waals surface area contributed by atoms with Crippen LogP contribution in [0.15, 0.2) is 6.20 Å². The van der Waals surface area contributed by atoms with Crippen molar-refractivity contribution in [3.8, 4) is 0 Å². The standard InChI is InChI=1S/C12H18N4O2/c17-11(14-6-9-2-5-18-8-9)10-7-16-4-1-3-13-12(16)15-10/h7,9H,1-6,8H2,(H,13,15)(H,14,17). The first-order valence-corrected chi connectivity index (χ1v) is 6.50. The normalized spacial score (nSPS) is 22.3. The van der Waals surface area contributed by atoms with Gasteiger partial charge >= 0.3 is 0 Å². The van der Waals surface area contributed by atoms with Gasteiger partial charge in [-0.1, -0.05) is 0 Å². The van der Waals surface area contributed by atoms with E-state index in [2.05, 4.69) is 15.6 Å². The molecule has 3 rings (SSSR count). The summed E-state index contributed by atoms with van der Waals surface area (Å²) in [5.74, 6) is 1.16. The largest absolute Gasteiger partial charge is 0.381 e. The Kier molecular flexibility index (Phi) is 3.19. The molecule has 0 spiro atoms. The molecular weight excluding hydrogens is 232 g/mol. The van der Waals surface area contributed by atoms with Gasteiger partial charge in [0.05, 0.1) is 6.61 Å². The zero-order chi connectivity index (χ0) is 12.4. The van der Waals surface area contributed by atoms with Crippen LogP contribution in [0.4, 0.5) is 5.95 Å². The average molecular weight is 250 g/mol. The summed E-state index contributed by atoms with van der Waals surface area (Å²) in [6.45, 7) is 4.09. The van der Waals surface area contributed by atoms with Gasteiger partial charge in [-0.2, -0.15) is 0 Å². The first-order valence-electron chi connectivity index (χ1n) is 6.50. The molecule has 1 aromatic rings. The Morgan fingerprint density at radius 1 is 1.67 bits per heavy atom. The van der Waals surface area contributed by atoms with Crippen molar-refractivity contribution in [1.82, 2.24) is 14.9 Å². The fourth-order valence-electron chi connectivity index (χ4n) is 2.36. The third-order valence-electron chi connectivity index (χ3n) is 3.44. The summed E-state index contributed by atoms with van der Waals surface area (Å²) >= 11 is 0. The molecule has 6 heteroatoms. The molecular formula is C12H18N4O2. The zero-order valence-electron chi connectivity index (χ0n) is 10.3. The van der Waals surface area contributed by atoms with E-state index in [1.54, 1.807) is 0 Å². The highest BCUT2D eigenvalue weighted by Crippen LogP contribution is 2.14. The lowest BCUT2D eigenvalue weighted by Crippen LogP contribution is -2.29. The predicted octanol–water partition coefficient (Wildman–Crippen LogP) is 0.465. The molecule has 98 valence electrons. The summed E-state index contributed by atoms with van der Waals surface area (Å²) in [7, 11) is 0. The van der Waals surface area contributed by atoms with Crippen LogP contribution in [0, 0.1) is 5.92 Å². The number of rotatable bonds is 3. The number of nitrogens with one attached hydrogen (secondary N) is 2. The highest BCUT2D eigenvalue weighted by Gasteiger charge is 2.19. The van der Waals surface area contributed by atoms with Gasteiger partial charge in [-0.3, -0.25) is 4.79 Å². The van der Waals surface area contributed by atoms with E-state index in [0.29, 0.717) is 18.2 Å². The fourth-order valence-corrected chi connectivity index (χ4v) is 2.36. The molecule has 1 atom stereocenters. The SMILES string of the molecule is O=C(NCC1CCOC1)c1cn2c(n1)NCCC2. The number of aryl methyl sites for hydroxylation is 1. The molecule has 0 saturated carbocycles. The lowest BCUT2D eigenvalue weighted by molar-refractivity contribution is 0.0940. The van der Waals surface area contributed by atoms with Crippen LogP contribution in [0.1, 0.15) is 23.3 Å². The number of carbonyl (C=O) groups excluding carboxylic acids is 1. The Morgan fingerprint density at radius 2 is 2.61 bits per heavy atom. The molecule has 6 nitrogen and oxygen atoms in total. The number of amides is 1.